The molecule has 1 fully saturated rings. The molecule has 0 bridgehead atoms. The molecule has 2 aromatic rings. The Morgan fingerprint density at radius 2 is 1.65 bits per heavy atom. The second kappa shape index (κ2) is 7.25. The molecule has 1 aromatic carbocycles. The van der Waals surface area contributed by atoms with Crippen LogP contribution in [0.4, 0.5) is 5.69 Å². The minimum atomic E-state index is -3.57. The minimum Gasteiger partial charge on any atom is -0.343 e. The third-order valence-electron chi connectivity index (χ3n) is 4.96. The van der Waals surface area contributed by atoms with Gasteiger partial charge in [-0.3, -0.25) is 4.79 Å². The number of sulfonamides is 1. The number of nitrogens with one attached hydrogen (secondary N) is 1. The van der Waals surface area contributed by atoms with Crippen LogP contribution >= 0.6 is 0 Å². The summed E-state index contributed by atoms with van der Waals surface area (Å²) in [4.78, 5) is 12.9. The zero-order valence-corrected chi connectivity index (χ0v) is 16.3. The third-order valence-corrected chi connectivity index (χ3v) is 6.98. The summed E-state index contributed by atoms with van der Waals surface area (Å²) in [7, 11) is -1.86. The maximum Gasteiger partial charge on any atom is 0.272 e. The first-order valence-electron chi connectivity index (χ1n) is 8.85. The van der Waals surface area contributed by atoms with Crippen molar-refractivity contribution in [3.63, 3.8) is 0 Å². The third kappa shape index (κ3) is 3.54. The SMILES string of the molecule is Cc1ccc(NC(=O)c2cc(S(=O)(=O)N3CCCCC3)c(C)n2C)cc1. The number of amides is 1. The first-order chi connectivity index (χ1) is 12.3. The van der Waals surface area contributed by atoms with Gasteiger partial charge in [0.15, 0.2) is 0 Å². The van der Waals surface area contributed by atoms with Gasteiger partial charge in [-0.05, 0) is 44.9 Å². The lowest BCUT2D eigenvalue weighted by molar-refractivity contribution is 0.101. The first kappa shape index (κ1) is 18.7. The summed E-state index contributed by atoms with van der Waals surface area (Å²) in [6, 6.07) is 8.97. The molecule has 1 aliphatic rings. The van der Waals surface area contributed by atoms with Crippen molar-refractivity contribution in [3.05, 3.63) is 47.3 Å². The molecule has 1 N–H and O–H groups in total. The van der Waals surface area contributed by atoms with Crippen molar-refractivity contribution in [3.8, 4) is 0 Å². The zero-order valence-electron chi connectivity index (χ0n) is 15.4. The fourth-order valence-corrected chi connectivity index (χ4v) is 5.01. The van der Waals surface area contributed by atoms with Crippen molar-refractivity contribution in [1.29, 1.82) is 0 Å². The number of carbonyl (C=O) groups is 1. The van der Waals surface area contributed by atoms with E-state index >= 15 is 0 Å². The number of aromatic nitrogens is 1. The fraction of sp³-hybridized carbons (Fsp3) is 0.421. The number of nitrogens with zero attached hydrogens (tertiary/aromatic N) is 2. The van der Waals surface area contributed by atoms with Crippen LogP contribution in [0.15, 0.2) is 35.2 Å². The predicted molar refractivity (Wildman–Crippen MR) is 102 cm³/mol. The number of anilines is 1. The van der Waals surface area contributed by atoms with Crippen LogP contribution in [0.3, 0.4) is 0 Å². The van der Waals surface area contributed by atoms with Crippen LogP contribution in [0, 0.1) is 13.8 Å². The topological polar surface area (TPSA) is 71.4 Å². The Morgan fingerprint density at radius 1 is 1.04 bits per heavy atom. The van der Waals surface area contributed by atoms with E-state index in [2.05, 4.69) is 5.32 Å². The summed E-state index contributed by atoms with van der Waals surface area (Å²) in [6.45, 7) is 4.80. The van der Waals surface area contributed by atoms with Crippen molar-refractivity contribution in [2.45, 2.75) is 38.0 Å². The highest BCUT2D eigenvalue weighted by Gasteiger charge is 2.30. The number of hydrogen-bond donors (Lipinski definition) is 1. The lowest BCUT2D eigenvalue weighted by Gasteiger charge is -2.25. The zero-order chi connectivity index (χ0) is 18.9. The minimum absolute atomic E-state index is 0.218. The highest BCUT2D eigenvalue weighted by atomic mass is 32.2. The van der Waals surface area contributed by atoms with Crippen LogP contribution in [-0.4, -0.2) is 36.3 Å². The van der Waals surface area contributed by atoms with Gasteiger partial charge >= 0.3 is 0 Å². The van der Waals surface area contributed by atoms with Crippen molar-refractivity contribution < 1.29 is 13.2 Å². The maximum atomic E-state index is 13.0. The first-order valence-corrected chi connectivity index (χ1v) is 10.3. The van der Waals surface area contributed by atoms with Crippen molar-refractivity contribution >= 4 is 21.6 Å². The van der Waals surface area contributed by atoms with Crippen LogP contribution in [0.2, 0.25) is 0 Å². The number of carbonyl (C=O) groups excluding carboxylic acids is 1. The number of hydrogen-bond acceptors (Lipinski definition) is 3. The van der Waals surface area contributed by atoms with Gasteiger partial charge in [-0.25, -0.2) is 8.42 Å². The summed E-state index contributed by atoms with van der Waals surface area (Å²) < 4.78 is 29.1. The molecule has 1 aromatic heterocycles. The Bertz CT molecular complexity index is 908. The van der Waals surface area contributed by atoms with Crippen LogP contribution in [-0.2, 0) is 17.1 Å². The van der Waals surface area contributed by atoms with Gasteiger partial charge in [0.05, 0.1) is 0 Å². The second-order valence-corrected chi connectivity index (χ2v) is 8.73. The van der Waals surface area contributed by atoms with Gasteiger partial charge in [0, 0.05) is 31.5 Å². The van der Waals surface area contributed by atoms with E-state index in [1.807, 2.05) is 31.2 Å². The molecule has 7 heteroatoms. The standard InChI is InChI=1S/C19H25N3O3S/c1-14-7-9-16(10-8-14)20-19(23)17-13-18(15(2)21(17)3)26(24,25)22-11-5-4-6-12-22/h7-10,13H,4-6,11-12H2,1-3H3,(H,20,23). The average molecular weight is 375 g/mol. The Morgan fingerprint density at radius 3 is 2.27 bits per heavy atom. The molecule has 0 atom stereocenters. The van der Waals surface area contributed by atoms with E-state index in [1.54, 1.807) is 18.5 Å². The molecule has 0 aliphatic carbocycles. The van der Waals surface area contributed by atoms with Crippen molar-refractivity contribution in [1.82, 2.24) is 8.87 Å². The Hall–Kier alpha value is -2.12. The van der Waals surface area contributed by atoms with Gasteiger partial charge in [-0.1, -0.05) is 24.1 Å². The molecule has 26 heavy (non-hydrogen) atoms. The van der Waals surface area contributed by atoms with Crippen LogP contribution in [0.1, 0.15) is 41.0 Å². The van der Waals surface area contributed by atoms with Gasteiger partial charge in [0.25, 0.3) is 5.91 Å². The quantitative estimate of drug-likeness (QED) is 0.893. The molecule has 1 aliphatic heterocycles. The van der Waals surface area contributed by atoms with Crippen molar-refractivity contribution in [2.24, 2.45) is 7.05 Å². The van der Waals surface area contributed by atoms with Crippen LogP contribution < -0.4 is 5.32 Å². The predicted octanol–water partition coefficient (Wildman–Crippen LogP) is 3.07. The molecular formula is C19H25N3O3S. The molecule has 3 rings (SSSR count). The second-order valence-electron chi connectivity index (χ2n) is 6.82. The van der Waals surface area contributed by atoms with Gasteiger partial charge in [0.2, 0.25) is 10.0 Å². The van der Waals surface area contributed by atoms with E-state index in [1.165, 1.54) is 10.4 Å². The van der Waals surface area contributed by atoms with E-state index < -0.39 is 10.0 Å². The Balaban J connectivity index is 1.89. The maximum absolute atomic E-state index is 13.0. The number of rotatable bonds is 4. The van der Waals surface area contributed by atoms with E-state index in [0.29, 0.717) is 30.2 Å². The molecule has 0 unspecified atom stereocenters. The Labute approximate surface area is 154 Å². The highest BCUT2D eigenvalue weighted by Crippen LogP contribution is 2.26. The smallest absolute Gasteiger partial charge is 0.272 e. The molecule has 0 radical (unpaired) electrons. The summed E-state index contributed by atoms with van der Waals surface area (Å²) in [6.07, 6.45) is 2.82. The molecule has 0 spiro atoms. The molecule has 140 valence electrons. The normalized spacial score (nSPS) is 15.8. The van der Waals surface area contributed by atoms with E-state index in [4.69, 9.17) is 0 Å². The van der Waals surface area contributed by atoms with E-state index in [0.717, 1.165) is 24.8 Å². The summed E-state index contributed by atoms with van der Waals surface area (Å²) in [5.74, 6) is -0.320. The lowest BCUT2D eigenvalue weighted by Crippen LogP contribution is -2.35. The molecule has 6 nitrogen and oxygen atoms in total. The van der Waals surface area contributed by atoms with Gasteiger partial charge in [-0.15, -0.1) is 0 Å². The molecule has 1 amide bonds. The summed E-state index contributed by atoms with van der Waals surface area (Å²) in [5, 5.41) is 2.83. The van der Waals surface area contributed by atoms with Crippen molar-refractivity contribution in [2.75, 3.05) is 18.4 Å². The Kier molecular flexibility index (Phi) is 5.20. The molecule has 1 saturated heterocycles. The van der Waals surface area contributed by atoms with Crippen LogP contribution in [0.25, 0.3) is 0 Å². The number of aryl methyl sites for hydroxylation is 1. The van der Waals surface area contributed by atoms with Gasteiger partial charge in [-0.2, -0.15) is 4.31 Å². The van der Waals surface area contributed by atoms with Gasteiger partial charge < -0.3 is 9.88 Å². The largest absolute Gasteiger partial charge is 0.343 e. The lowest BCUT2D eigenvalue weighted by atomic mass is 10.2. The fourth-order valence-electron chi connectivity index (χ4n) is 3.23. The molecular weight excluding hydrogens is 350 g/mol. The molecule has 0 saturated carbocycles. The van der Waals surface area contributed by atoms with Crippen LogP contribution in [0.5, 0.6) is 0 Å². The van der Waals surface area contributed by atoms with E-state index in [-0.39, 0.29) is 10.8 Å². The average Bonchev–Trinajstić information content (AvgIpc) is 2.94. The highest BCUT2D eigenvalue weighted by molar-refractivity contribution is 7.89. The molecule has 2 heterocycles. The monoisotopic (exact) mass is 375 g/mol. The summed E-state index contributed by atoms with van der Waals surface area (Å²) >= 11 is 0. The van der Waals surface area contributed by atoms with E-state index in [9.17, 15) is 13.2 Å². The number of piperidine rings is 1. The summed E-state index contributed by atoms with van der Waals surface area (Å²) in [5.41, 5.74) is 2.69. The van der Waals surface area contributed by atoms with Gasteiger partial charge in [0.1, 0.15) is 10.6 Å². The number of benzene rings is 1.